The predicted molar refractivity (Wildman–Crippen MR) is 132 cm³/mol. The summed E-state index contributed by atoms with van der Waals surface area (Å²) in [7, 11) is 2.72. The molecule has 1 aliphatic rings. The number of ether oxygens (including phenoxy) is 3. The molecule has 0 saturated heterocycles. The highest BCUT2D eigenvalue weighted by Crippen LogP contribution is 2.31. The molecular weight excluding hydrogens is 489 g/mol. The first-order valence-corrected chi connectivity index (χ1v) is 11.8. The summed E-state index contributed by atoms with van der Waals surface area (Å²) in [5, 5.41) is 6.53. The van der Waals surface area contributed by atoms with Crippen LogP contribution in [-0.2, 0) is 4.74 Å². The second-order valence-electron chi connectivity index (χ2n) is 8.55. The molecule has 8 nitrogen and oxygen atoms in total. The van der Waals surface area contributed by atoms with Crippen LogP contribution in [0.25, 0.3) is 11.3 Å². The molecule has 3 aromatic rings. The van der Waals surface area contributed by atoms with Crippen molar-refractivity contribution in [2.24, 2.45) is 0 Å². The number of halogens is 3. The highest BCUT2D eigenvalue weighted by Gasteiger charge is 2.31. The van der Waals surface area contributed by atoms with Gasteiger partial charge in [0.1, 0.15) is 22.9 Å². The van der Waals surface area contributed by atoms with E-state index in [-0.39, 0.29) is 17.4 Å². The molecule has 1 aliphatic carbocycles. The molecule has 1 fully saturated rings. The van der Waals surface area contributed by atoms with Gasteiger partial charge >= 0.3 is 12.3 Å². The Kier molecular flexibility index (Phi) is 8.00. The number of nitrogens with one attached hydrogen (secondary N) is 2. The highest BCUT2D eigenvalue weighted by atomic mass is 19.4. The van der Waals surface area contributed by atoms with Crippen LogP contribution in [0.2, 0.25) is 0 Å². The number of aromatic nitrogens is 2. The molecule has 11 heteroatoms. The van der Waals surface area contributed by atoms with Gasteiger partial charge in [0.15, 0.2) is 0 Å². The Labute approximate surface area is 212 Å². The van der Waals surface area contributed by atoms with Gasteiger partial charge in [-0.1, -0.05) is 31.4 Å². The van der Waals surface area contributed by atoms with Crippen LogP contribution in [0.4, 0.5) is 30.6 Å². The van der Waals surface area contributed by atoms with Gasteiger partial charge in [-0.25, -0.2) is 9.78 Å². The van der Waals surface area contributed by atoms with E-state index in [4.69, 9.17) is 9.47 Å². The van der Waals surface area contributed by atoms with E-state index in [0.29, 0.717) is 34.5 Å². The van der Waals surface area contributed by atoms with E-state index < -0.39 is 12.3 Å². The number of alkyl halides is 3. The number of hydrogen-bond donors (Lipinski definition) is 2. The quantitative estimate of drug-likeness (QED) is 0.336. The molecule has 1 saturated carbocycles. The third-order valence-corrected chi connectivity index (χ3v) is 5.91. The van der Waals surface area contributed by atoms with Crippen LogP contribution in [-0.4, -0.2) is 42.6 Å². The van der Waals surface area contributed by atoms with Gasteiger partial charge in [0.05, 0.1) is 19.9 Å². The van der Waals surface area contributed by atoms with Gasteiger partial charge in [-0.05, 0) is 37.1 Å². The van der Waals surface area contributed by atoms with E-state index in [1.54, 1.807) is 30.3 Å². The van der Waals surface area contributed by atoms with E-state index in [1.807, 2.05) is 0 Å². The summed E-state index contributed by atoms with van der Waals surface area (Å²) in [6, 6.07) is 12.3. The van der Waals surface area contributed by atoms with E-state index in [2.05, 4.69) is 25.3 Å². The summed E-state index contributed by atoms with van der Waals surface area (Å²) in [4.78, 5) is 21.1. The average molecular weight is 517 g/mol. The van der Waals surface area contributed by atoms with E-state index in [0.717, 1.165) is 25.7 Å². The third kappa shape index (κ3) is 7.02. The minimum Gasteiger partial charge on any atom is -0.496 e. The van der Waals surface area contributed by atoms with E-state index in [9.17, 15) is 18.0 Å². The van der Waals surface area contributed by atoms with Gasteiger partial charge in [0, 0.05) is 29.4 Å². The summed E-state index contributed by atoms with van der Waals surface area (Å²) < 4.78 is 52.5. The molecule has 37 heavy (non-hydrogen) atoms. The van der Waals surface area contributed by atoms with Crippen molar-refractivity contribution < 1.29 is 32.2 Å². The fraction of sp³-hybridized carbons (Fsp3) is 0.346. The maximum Gasteiger partial charge on any atom is 0.573 e. The van der Waals surface area contributed by atoms with Crippen LogP contribution < -0.4 is 20.1 Å². The molecule has 2 N–H and O–H groups in total. The Morgan fingerprint density at radius 2 is 1.78 bits per heavy atom. The largest absolute Gasteiger partial charge is 0.573 e. The van der Waals surface area contributed by atoms with Gasteiger partial charge in [-0.15, -0.1) is 13.2 Å². The smallest absolute Gasteiger partial charge is 0.496 e. The van der Waals surface area contributed by atoms with Crippen LogP contribution in [0.15, 0.2) is 48.5 Å². The molecule has 2 aromatic carbocycles. The van der Waals surface area contributed by atoms with Crippen molar-refractivity contribution >= 4 is 23.4 Å². The molecule has 0 radical (unpaired) electrons. The lowest BCUT2D eigenvalue weighted by atomic mass is 9.96. The van der Waals surface area contributed by atoms with Crippen LogP contribution in [0.1, 0.15) is 42.5 Å². The first kappa shape index (κ1) is 26.1. The van der Waals surface area contributed by atoms with Crippen LogP contribution in [0.3, 0.4) is 0 Å². The lowest BCUT2D eigenvalue weighted by Crippen LogP contribution is -2.23. The van der Waals surface area contributed by atoms with Gasteiger partial charge in [-0.2, -0.15) is 4.98 Å². The fourth-order valence-corrected chi connectivity index (χ4v) is 4.20. The first-order chi connectivity index (χ1) is 17.7. The number of hydrogen-bond acceptors (Lipinski definition) is 8. The Morgan fingerprint density at radius 1 is 1.00 bits per heavy atom. The number of anilines is 3. The van der Waals surface area contributed by atoms with Crippen molar-refractivity contribution in [3.05, 3.63) is 54.1 Å². The van der Waals surface area contributed by atoms with Gasteiger partial charge < -0.3 is 24.8 Å². The lowest BCUT2D eigenvalue weighted by molar-refractivity contribution is -0.274. The molecule has 196 valence electrons. The normalized spacial score (nSPS) is 14.1. The van der Waals surface area contributed by atoms with Crippen molar-refractivity contribution in [1.29, 1.82) is 0 Å². The molecular formula is C26H27F3N4O4. The summed E-state index contributed by atoms with van der Waals surface area (Å²) in [5.74, 6) is 0.185. The van der Waals surface area contributed by atoms with Crippen molar-refractivity contribution in [2.45, 2.75) is 44.5 Å². The maximum absolute atomic E-state index is 12.8. The van der Waals surface area contributed by atoms with Crippen molar-refractivity contribution in [2.75, 3.05) is 24.9 Å². The molecule has 4 rings (SSSR count). The molecule has 0 amide bonds. The number of esters is 1. The monoisotopic (exact) mass is 516 g/mol. The summed E-state index contributed by atoms with van der Waals surface area (Å²) in [6.07, 6.45) is 0.549. The molecule has 0 atom stereocenters. The van der Waals surface area contributed by atoms with Crippen LogP contribution in [0.5, 0.6) is 11.5 Å². The summed E-state index contributed by atoms with van der Waals surface area (Å²) in [6.45, 7) is 0. The van der Waals surface area contributed by atoms with Gasteiger partial charge in [-0.3, -0.25) is 0 Å². The minimum atomic E-state index is -4.81. The Hall–Kier alpha value is -4.02. The Bertz CT molecular complexity index is 1250. The number of benzene rings is 2. The number of carbonyl (C=O) groups is 1. The lowest BCUT2D eigenvalue weighted by Gasteiger charge is -2.23. The third-order valence-electron chi connectivity index (χ3n) is 5.91. The second kappa shape index (κ2) is 11.4. The molecule has 0 aliphatic heterocycles. The molecule has 0 unspecified atom stereocenters. The van der Waals surface area contributed by atoms with Gasteiger partial charge in [0.25, 0.3) is 0 Å². The molecule has 0 bridgehead atoms. The number of rotatable bonds is 8. The Balaban J connectivity index is 1.68. The minimum absolute atomic E-state index is 0.205. The van der Waals surface area contributed by atoms with Gasteiger partial charge in [0.2, 0.25) is 5.95 Å². The van der Waals surface area contributed by atoms with Crippen molar-refractivity contribution in [1.82, 2.24) is 9.97 Å². The fourth-order valence-electron chi connectivity index (χ4n) is 4.20. The van der Waals surface area contributed by atoms with E-state index in [1.165, 1.54) is 38.8 Å². The highest BCUT2D eigenvalue weighted by molar-refractivity contribution is 5.93. The maximum atomic E-state index is 12.8. The van der Waals surface area contributed by atoms with Crippen molar-refractivity contribution in [3.63, 3.8) is 0 Å². The molecule has 1 heterocycles. The molecule has 0 spiro atoms. The van der Waals surface area contributed by atoms with Crippen LogP contribution in [0, 0.1) is 0 Å². The van der Waals surface area contributed by atoms with E-state index >= 15 is 0 Å². The topological polar surface area (TPSA) is 94.6 Å². The standard InChI is InChI=1S/C26H27F3N4O4/c1-35-22-14-18(11-12-20(22)24(34)36-2)30-23-15-21(16-7-6-10-19(13-16)37-26(27,28)29)32-25(33-23)31-17-8-4-3-5-9-17/h6-7,10-15,17H,3-5,8-9H2,1-2H3,(H2,30,31,32,33). The van der Waals surface area contributed by atoms with Crippen molar-refractivity contribution in [3.8, 4) is 22.8 Å². The first-order valence-electron chi connectivity index (χ1n) is 11.8. The molecule has 1 aromatic heterocycles. The average Bonchev–Trinajstić information content (AvgIpc) is 2.88. The number of methoxy groups -OCH3 is 2. The number of carbonyl (C=O) groups excluding carboxylic acids is 1. The predicted octanol–water partition coefficient (Wildman–Crippen LogP) is 6.33. The zero-order chi connectivity index (χ0) is 26.4. The van der Waals surface area contributed by atoms with Crippen LogP contribution >= 0.6 is 0 Å². The SMILES string of the molecule is COC(=O)c1ccc(Nc2cc(-c3cccc(OC(F)(F)F)c3)nc(NC3CCCCC3)n2)cc1OC. The summed E-state index contributed by atoms with van der Waals surface area (Å²) in [5.41, 5.74) is 1.67. The zero-order valence-corrected chi connectivity index (χ0v) is 20.4. The zero-order valence-electron chi connectivity index (χ0n) is 20.4. The number of nitrogens with zero attached hydrogens (tertiary/aromatic N) is 2. The summed E-state index contributed by atoms with van der Waals surface area (Å²) >= 11 is 0. The second-order valence-corrected chi connectivity index (χ2v) is 8.55. The Morgan fingerprint density at radius 3 is 2.49 bits per heavy atom.